The molecule has 1 aromatic rings. The van der Waals surface area contributed by atoms with Gasteiger partial charge in [0.05, 0.1) is 6.04 Å². The van der Waals surface area contributed by atoms with Gasteiger partial charge in [-0.1, -0.05) is 0 Å². The van der Waals surface area contributed by atoms with Crippen LogP contribution in [0.25, 0.3) is 0 Å². The molecule has 2 rings (SSSR count). The first-order valence-corrected chi connectivity index (χ1v) is 5.77. The summed E-state index contributed by atoms with van der Waals surface area (Å²) in [5, 5.41) is 4.25. The zero-order valence-electron chi connectivity index (χ0n) is 9.52. The van der Waals surface area contributed by atoms with Gasteiger partial charge in [-0.25, -0.2) is 5.43 Å². The van der Waals surface area contributed by atoms with E-state index in [-0.39, 0.29) is 11.8 Å². The van der Waals surface area contributed by atoms with Gasteiger partial charge in [0.2, 0.25) is 5.91 Å². The van der Waals surface area contributed by atoms with Gasteiger partial charge in [0.25, 0.3) is 0 Å². The summed E-state index contributed by atoms with van der Waals surface area (Å²) in [7, 11) is 1.72. The minimum absolute atomic E-state index is 0.112. The molecule has 1 aliphatic rings. The molecule has 0 aromatic carbocycles. The van der Waals surface area contributed by atoms with Crippen molar-refractivity contribution in [1.82, 2.24) is 20.6 Å². The van der Waals surface area contributed by atoms with Crippen LogP contribution >= 0.6 is 0 Å². The van der Waals surface area contributed by atoms with E-state index in [1.807, 2.05) is 16.9 Å². The Balaban J connectivity index is 1.85. The molecule has 2 N–H and O–H groups in total. The van der Waals surface area contributed by atoms with E-state index in [2.05, 4.69) is 16.0 Å². The van der Waals surface area contributed by atoms with Gasteiger partial charge in [-0.3, -0.25) is 14.9 Å². The highest BCUT2D eigenvalue weighted by Crippen LogP contribution is 2.31. The van der Waals surface area contributed by atoms with Crippen molar-refractivity contribution in [2.75, 3.05) is 7.05 Å². The van der Waals surface area contributed by atoms with E-state index in [0.717, 1.165) is 25.7 Å². The van der Waals surface area contributed by atoms with Crippen molar-refractivity contribution in [3.63, 3.8) is 0 Å². The third kappa shape index (κ3) is 2.41. The van der Waals surface area contributed by atoms with Crippen LogP contribution in [0.15, 0.2) is 18.5 Å². The first kappa shape index (κ1) is 11.1. The van der Waals surface area contributed by atoms with Crippen LogP contribution in [0.4, 0.5) is 0 Å². The molecule has 0 saturated heterocycles. The topological polar surface area (TPSA) is 58.9 Å². The average Bonchev–Trinajstić information content (AvgIpc) is 2.83. The van der Waals surface area contributed by atoms with Crippen LogP contribution in [0.3, 0.4) is 0 Å². The van der Waals surface area contributed by atoms with Crippen LogP contribution < -0.4 is 10.9 Å². The maximum atomic E-state index is 11.6. The predicted octanol–water partition coefficient (Wildman–Crippen LogP) is 0.865. The minimum Gasteiger partial charge on any atom is -0.292 e. The maximum absolute atomic E-state index is 11.6. The molecule has 1 amide bonds. The fourth-order valence-electron chi connectivity index (χ4n) is 2.32. The van der Waals surface area contributed by atoms with E-state index in [4.69, 9.17) is 0 Å². The number of hydrogen-bond acceptors (Lipinski definition) is 3. The van der Waals surface area contributed by atoms with Gasteiger partial charge >= 0.3 is 0 Å². The molecule has 0 spiro atoms. The number of rotatable bonds is 3. The Hall–Kier alpha value is -1.36. The molecule has 1 aliphatic carbocycles. The van der Waals surface area contributed by atoms with Gasteiger partial charge in [-0.2, -0.15) is 5.10 Å². The van der Waals surface area contributed by atoms with Gasteiger partial charge in [0.15, 0.2) is 0 Å². The summed E-state index contributed by atoms with van der Waals surface area (Å²) in [6.07, 6.45) is 7.75. The van der Waals surface area contributed by atoms with Crippen molar-refractivity contribution in [2.45, 2.75) is 31.7 Å². The molecule has 1 saturated carbocycles. The van der Waals surface area contributed by atoms with E-state index in [0.29, 0.717) is 6.04 Å². The Bertz CT molecular complexity index is 328. The van der Waals surface area contributed by atoms with Crippen LogP contribution in [0.5, 0.6) is 0 Å². The molecule has 0 unspecified atom stereocenters. The lowest BCUT2D eigenvalue weighted by atomic mass is 9.85. The Morgan fingerprint density at radius 2 is 2.12 bits per heavy atom. The van der Waals surface area contributed by atoms with Gasteiger partial charge < -0.3 is 0 Å². The molecule has 0 atom stereocenters. The lowest BCUT2D eigenvalue weighted by Crippen LogP contribution is -2.40. The molecule has 0 aliphatic heterocycles. The lowest BCUT2D eigenvalue weighted by Gasteiger charge is -2.27. The third-order valence-corrected chi connectivity index (χ3v) is 3.21. The molecule has 0 radical (unpaired) electrons. The molecule has 1 aromatic heterocycles. The molecular formula is C11H18N4O. The Morgan fingerprint density at radius 3 is 2.69 bits per heavy atom. The van der Waals surface area contributed by atoms with Gasteiger partial charge in [0, 0.05) is 25.4 Å². The zero-order valence-corrected chi connectivity index (χ0v) is 9.52. The fraction of sp³-hybridized carbons (Fsp3) is 0.636. The molecule has 1 heterocycles. The van der Waals surface area contributed by atoms with Crippen molar-refractivity contribution in [2.24, 2.45) is 5.92 Å². The Morgan fingerprint density at radius 1 is 1.38 bits per heavy atom. The van der Waals surface area contributed by atoms with Crippen LogP contribution in [0, 0.1) is 5.92 Å². The van der Waals surface area contributed by atoms with E-state index < -0.39 is 0 Å². The van der Waals surface area contributed by atoms with E-state index in [9.17, 15) is 4.79 Å². The molecule has 5 heteroatoms. The number of nitrogens with zero attached hydrogens (tertiary/aromatic N) is 2. The summed E-state index contributed by atoms with van der Waals surface area (Å²) in [6, 6.07) is 2.41. The number of hydrogen-bond donors (Lipinski definition) is 2. The summed E-state index contributed by atoms with van der Waals surface area (Å²) in [4.78, 5) is 11.6. The zero-order chi connectivity index (χ0) is 11.4. The molecule has 16 heavy (non-hydrogen) atoms. The number of carbonyl (C=O) groups excluding carboxylic acids is 1. The number of amides is 1. The summed E-state index contributed by atoms with van der Waals surface area (Å²) < 4.78 is 2.01. The predicted molar refractivity (Wildman–Crippen MR) is 60.4 cm³/mol. The van der Waals surface area contributed by atoms with Crippen molar-refractivity contribution < 1.29 is 4.79 Å². The van der Waals surface area contributed by atoms with E-state index >= 15 is 0 Å². The van der Waals surface area contributed by atoms with E-state index in [1.165, 1.54) is 0 Å². The first-order chi connectivity index (χ1) is 7.81. The number of nitrogens with one attached hydrogen (secondary N) is 2. The van der Waals surface area contributed by atoms with E-state index in [1.54, 1.807) is 13.2 Å². The largest absolute Gasteiger partial charge is 0.292 e. The molecule has 5 nitrogen and oxygen atoms in total. The smallest absolute Gasteiger partial charge is 0.237 e. The van der Waals surface area contributed by atoms with Gasteiger partial charge in [0.1, 0.15) is 0 Å². The second kappa shape index (κ2) is 5.12. The number of hydrazine groups is 1. The molecule has 88 valence electrons. The normalized spacial score (nSPS) is 25.3. The van der Waals surface area contributed by atoms with Crippen LogP contribution in [-0.2, 0) is 4.79 Å². The Kier molecular flexibility index (Phi) is 3.56. The monoisotopic (exact) mass is 222 g/mol. The summed E-state index contributed by atoms with van der Waals surface area (Å²) in [6.45, 7) is 0. The highest BCUT2D eigenvalue weighted by Gasteiger charge is 2.26. The number of carbonyl (C=O) groups is 1. The number of aromatic nitrogens is 2. The summed E-state index contributed by atoms with van der Waals surface area (Å²) in [5.41, 5.74) is 5.34. The van der Waals surface area contributed by atoms with Crippen molar-refractivity contribution in [1.29, 1.82) is 0 Å². The summed E-state index contributed by atoms with van der Waals surface area (Å²) >= 11 is 0. The average molecular weight is 222 g/mol. The second-order valence-corrected chi connectivity index (χ2v) is 4.23. The second-order valence-electron chi connectivity index (χ2n) is 4.23. The molecule has 1 fully saturated rings. The van der Waals surface area contributed by atoms with Crippen molar-refractivity contribution >= 4 is 5.91 Å². The van der Waals surface area contributed by atoms with Crippen molar-refractivity contribution in [3.8, 4) is 0 Å². The third-order valence-electron chi connectivity index (χ3n) is 3.21. The highest BCUT2D eigenvalue weighted by molar-refractivity contribution is 5.78. The SMILES string of the molecule is CNNC(=O)C1CCC(n2cccn2)CC1. The van der Waals surface area contributed by atoms with Crippen molar-refractivity contribution in [3.05, 3.63) is 18.5 Å². The molecule has 0 bridgehead atoms. The quantitative estimate of drug-likeness (QED) is 0.746. The fourth-order valence-corrected chi connectivity index (χ4v) is 2.32. The minimum atomic E-state index is 0.112. The summed E-state index contributed by atoms with van der Waals surface area (Å²) in [5.74, 6) is 0.265. The van der Waals surface area contributed by atoms with Crippen LogP contribution in [-0.4, -0.2) is 22.7 Å². The van der Waals surface area contributed by atoms with Crippen LogP contribution in [0.2, 0.25) is 0 Å². The lowest BCUT2D eigenvalue weighted by molar-refractivity contribution is -0.127. The first-order valence-electron chi connectivity index (χ1n) is 5.77. The highest BCUT2D eigenvalue weighted by atomic mass is 16.2. The van der Waals surface area contributed by atoms with Crippen LogP contribution in [0.1, 0.15) is 31.7 Å². The van der Waals surface area contributed by atoms with Gasteiger partial charge in [-0.15, -0.1) is 0 Å². The van der Waals surface area contributed by atoms with Gasteiger partial charge in [-0.05, 0) is 31.7 Å². The maximum Gasteiger partial charge on any atom is 0.237 e. The molecular weight excluding hydrogens is 204 g/mol. The Labute approximate surface area is 95.2 Å². The standard InChI is InChI=1S/C11H18N4O/c1-12-14-11(16)9-3-5-10(6-4-9)15-8-2-7-13-15/h2,7-10,12H,3-6H2,1H3,(H,14,16).